The molecule has 0 saturated carbocycles. The van der Waals surface area contributed by atoms with Crippen molar-refractivity contribution in [1.29, 1.82) is 0 Å². The number of amides is 1. The zero-order valence-electron chi connectivity index (χ0n) is 13.6. The van der Waals surface area contributed by atoms with Crippen LogP contribution in [-0.2, 0) is 11.3 Å². The summed E-state index contributed by atoms with van der Waals surface area (Å²) in [5, 5.41) is 7.35. The van der Waals surface area contributed by atoms with Crippen molar-refractivity contribution in [2.24, 2.45) is 4.99 Å². The summed E-state index contributed by atoms with van der Waals surface area (Å²) >= 11 is 0. The molecule has 0 spiro atoms. The Balaban J connectivity index is 0.00000264. The summed E-state index contributed by atoms with van der Waals surface area (Å²) in [7, 11) is 3.43. The van der Waals surface area contributed by atoms with Gasteiger partial charge in [0.1, 0.15) is 17.9 Å². The Bertz CT molecular complexity index is 634. The first-order valence-corrected chi connectivity index (χ1v) is 7.30. The number of benzene rings is 1. The third-order valence-electron chi connectivity index (χ3n) is 3.12. The maximum absolute atomic E-state index is 11.6. The van der Waals surface area contributed by atoms with Crippen molar-refractivity contribution in [2.45, 2.75) is 13.5 Å². The number of guanidine groups is 1. The van der Waals surface area contributed by atoms with Gasteiger partial charge in [0.15, 0.2) is 5.96 Å². The number of fused-ring (bicyclic) bond motifs is 1. The van der Waals surface area contributed by atoms with Gasteiger partial charge in [-0.05, 0) is 19.1 Å². The molecule has 1 heterocycles. The summed E-state index contributed by atoms with van der Waals surface area (Å²) in [5.41, 5.74) is 0.865. The lowest BCUT2D eigenvalue weighted by Gasteiger charge is -2.11. The van der Waals surface area contributed by atoms with Crippen LogP contribution in [0.2, 0.25) is 0 Å². The summed E-state index contributed by atoms with van der Waals surface area (Å²) in [5.74, 6) is 1.38. The second kappa shape index (κ2) is 9.39. The van der Waals surface area contributed by atoms with Crippen LogP contribution in [0.5, 0.6) is 0 Å². The van der Waals surface area contributed by atoms with E-state index in [0.29, 0.717) is 12.5 Å². The average Bonchev–Trinajstić information content (AvgIpc) is 2.92. The molecular formula is C16H23IN4O2. The van der Waals surface area contributed by atoms with Crippen LogP contribution in [0.3, 0.4) is 0 Å². The van der Waals surface area contributed by atoms with E-state index in [0.717, 1.165) is 23.3 Å². The van der Waals surface area contributed by atoms with E-state index in [-0.39, 0.29) is 36.4 Å². The zero-order chi connectivity index (χ0) is 15.9. The number of nitrogens with one attached hydrogen (secondary N) is 2. The molecule has 7 heteroatoms. The van der Waals surface area contributed by atoms with Gasteiger partial charge in [-0.3, -0.25) is 4.79 Å². The summed E-state index contributed by atoms with van der Waals surface area (Å²) in [6, 6.07) is 9.87. The molecule has 0 aliphatic heterocycles. The van der Waals surface area contributed by atoms with Crippen molar-refractivity contribution >= 4 is 46.8 Å². The monoisotopic (exact) mass is 430 g/mol. The fourth-order valence-corrected chi connectivity index (χ4v) is 1.92. The lowest BCUT2D eigenvalue weighted by Crippen LogP contribution is -2.38. The molecule has 0 fully saturated rings. The summed E-state index contributed by atoms with van der Waals surface area (Å²) in [4.78, 5) is 17.4. The highest BCUT2D eigenvalue weighted by atomic mass is 127. The Labute approximate surface area is 153 Å². The number of aliphatic imine (C=N–C) groups is 1. The Hall–Kier alpha value is -1.77. The quantitative estimate of drug-likeness (QED) is 0.434. The van der Waals surface area contributed by atoms with Crippen molar-refractivity contribution in [3.8, 4) is 0 Å². The van der Waals surface area contributed by atoms with E-state index in [9.17, 15) is 4.79 Å². The normalized spacial score (nSPS) is 11.0. The second-order valence-corrected chi connectivity index (χ2v) is 5.09. The van der Waals surface area contributed by atoms with E-state index in [1.54, 1.807) is 14.1 Å². The standard InChI is InChI=1S/C16H22N4O2.HI/c1-4-17-16(19-11-15(21)20(2)3)18-10-13-9-12-7-5-6-8-14(12)22-13;/h5-9H,4,10-11H2,1-3H3,(H2,17,18,19);1H. The number of nitrogens with zero attached hydrogens (tertiary/aromatic N) is 2. The number of carbonyl (C=O) groups excluding carboxylic acids is 1. The molecule has 126 valence electrons. The van der Waals surface area contributed by atoms with Crippen molar-refractivity contribution in [3.63, 3.8) is 0 Å². The molecule has 1 amide bonds. The molecule has 1 aromatic carbocycles. The minimum atomic E-state index is -0.0408. The number of hydrogen-bond acceptors (Lipinski definition) is 3. The third kappa shape index (κ3) is 5.74. The van der Waals surface area contributed by atoms with Gasteiger partial charge in [-0.1, -0.05) is 18.2 Å². The first-order chi connectivity index (χ1) is 10.6. The van der Waals surface area contributed by atoms with E-state index in [4.69, 9.17) is 4.42 Å². The van der Waals surface area contributed by atoms with E-state index >= 15 is 0 Å². The van der Waals surface area contributed by atoms with E-state index in [1.807, 2.05) is 37.3 Å². The molecule has 0 aliphatic carbocycles. The summed E-state index contributed by atoms with van der Waals surface area (Å²) in [6.07, 6.45) is 0. The largest absolute Gasteiger partial charge is 0.459 e. The van der Waals surface area contributed by atoms with Gasteiger partial charge in [-0.25, -0.2) is 4.99 Å². The molecule has 0 aliphatic rings. The number of furan rings is 1. The van der Waals surface area contributed by atoms with Crippen LogP contribution in [0, 0.1) is 0 Å². The maximum Gasteiger partial charge on any atom is 0.243 e. The Kier molecular flexibility index (Phi) is 7.87. The smallest absolute Gasteiger partial charge is 0.243 e. The predicted octanol–water partition coefficient (Wildman–Crippen LogP) is 2.19. The van der Waals surface area contributed by atoms with Gasteiger partial charge in [0.2, 0.25) is 5.91 Å². The van der Waals surface area contributed by atoms with E-state index in [1.165, 1.54) is 4.90 Å². The Morgan fingerprint density at radius 1 is 1.26 bits per heavy atom. The number of likely N-dealkylation sites (N-methyl/N-ethyl adjacent to an activating group) is 1. The average molecular weight is 430 g/mol. The fourth-order valence-electron chi connectivity index (χ4n) is 1.92. The Morgan fingerprint density at radius 2 is 2.00 bits per heavy atom. The molecule has 6 nitrogen and oxygen atoms in total. The van der Waals surface area contributed by atoms with Crippen LogP contribution in [0.25, 0.3) is 11.0 Å². The summed E-state index contributed by atoms with van der Waals surface area (Å²) in [6.45, 7) is 3.33. The molecule has 0 saturated heterocycles. The maximum atomic E-state index is 11.6. The molecule has 0 atom stereocenters. The van der Waals surface area contributed by atoms with Crippen molar-refractivity contribution < 1.29 is 9.21 Å². The van der Waals surface area contributed by atoms with E-state index in [2.05, 4.69) is 15.6 Å². The SMILES string of the molecule is CCNC(=NCC(=O)N(C)C)NCc1cc2ccccc2o1.I. The van der Waals surface area contributed by atoms with Gasteiger partial charge in [0, 0.05) is 26.0 Å². The highest BCUT2D eigenvalue weighted by Gasteiger charge is 2.06. The topological polar surface area (TPSA) is 69.9 Å². The van der Waals surface area contributed by atoms with Gasteiger partial charge in [-0.15, -0.1) is 24.0 Å². The van der Waals surface area contributed by atoms with Crippen LogP contribution >= 0.6 is 24.0 Å². The van der Waals surface area contributed by atoms with Gasteiger partial charge >= 0.3 is 0 Å². The second-order valence-electron chi connectivity index (χ2n) is 5.09. The van der Waals surface area contributed by atoms with Gasteiger partial charge in [0.05, 0.1) is 6.54 Å². The number of halogens is 1. The summed E-state index contributed by atoms with van der Waals surface area (Å²) < 4.78 is 5.74. The molecule has 23 heavy (non-hydrogen) atoms. The van der Waals surface area contributed by atoms with Crippen molar-refractivity contribution in [3.05, 3.63) is 36.1 Å². The zero-order valence-corrected chi connectivity index (χ0v) is 16.0. The molecule has 2 N–H and O–H groups in total. The fraction of sp³-hybridized carbons (Fsp3) is 0.375. The van der Waals surface area contributed by atoms with Gasteiger partial charge < -0.3 is 20.0 Å². The lowest BCUT2D eigenvalue weighted by atomic mass is 10.2. The molecule has 2 aromatic rings. The Morgan fingerprint density at radius 3 is 2.65 bits per heavy atom. The highest BCUT2D eigenvalue weighted by molar-refractivity contribution is 14.0. The number of hydrogen-bond donors (Lipinski definition) is 2. The van der Waals surface area contributed by atoms with Gasteiger partial charge in [0.25, 0.3) is 0 Å². The first kappa shape index (κ1) is 19.3. The minimum absolute atomic E-state index is 0. The first-order valence-electron chi connectivity index (χ1n) is 7.30. The lowest BCUT2D eigenvalue weighted by molar-refractivity contribution is -0.127. The van der Waals surface area contributed by atoms with Crippen LogP contribution in [0.1, 0.15) is 12.7 Å². The minimum Gasteiger partial charge on any atom is -0.459 e. The van der Waals surface area contributed by atoms with Gasteiger partial charge in [-0.2, -0.15) is 0 Å². The van der Waals surface area contributed by atoms with Crippen molar-refractivity contribution in [2.75, 3.05) is 27.2 Å². The predicted molar refractivity (Wildman–Crippen MR) is 103 cm³/mol. The van der Waals surface area contributed by atoms with E-state index < -0.39 is 0 Å². The van der Waals surface area contributed by atoms with Crippen LogP contribution in [-0.4, -0.2) is 44.0 Å². The molecule has 2 rings (SSSR count). The van der Waals surface area contributed by atoms with Crippen molar-refractivity contribution in [1.82, 2.24) is 15.5 Å². The van der Waals surface area contributed by atoms with Crippen LogP contribution in [0.15, 0.2) is 39.7 Å². The molecule has 0 bridgehead atoms. The van der Waals surface area contributed by atoms with Crippen LogP contribution < -0.4 is 10.6 Å². The number of carbonyl (C=O) groups is 1. The third-order valence-corrected chi connectivity index (χ3v) is 3.12. The molecular weight excluding hydrogens is 407 g/mol. The highest BCUT2D eigenvalue weighted by Crippen LogP contribution is 2.18. The molecule has 1 aromatic heterocycles. The number of rotatable bonds is 5. The molecule has 0 unspecified atom stereocenters. The van der Waals surface area contributed by atoms with Crippen LogP contribution in [0.4, 0.5) is 0 Å². The number of para-hydroxylation sites is 1. The molecule has 0 radical (unpaired) electrons.